The molecule has 0 fully saturated rings. The van der Waals surface area contributed by atoms with Crippen LogP contribution < -0.4 is 0 Å². The van der Waals surface area contributed by atoms with Crippen LogP contribution >= 0.6 is 0 Å². The van der Waals surface area contributed by atoms with E-state index in [1.165, 1.54) is 5.57 Å². The number of hydrogen-bond acceptors (Lipinski definition) is 0. The molecule has 0 N–H and O–H groups in total. The molecule has 0 nitrogen and oxygen atoms in total. The van der Waals surface area contributed by atoms with Crippen molar-refractivity contribution in [2.75, 3.05) is 0 Å². The molecule has 0 aromatic carbocycles. The lowest BCUT2D eigenvalue weighted by molar-refractivity contribution is 1.58. The zero-order chi connectivity index (χ0) is 5.44. The Morgan fingerprint density at radius 1 is 1.43 bits per heavy atom. The predicted octanol–water partition coefficient (Wildman–Crippen LogP) is 1.38. The summed E-state index contributed by atoms with van der Waals surface area (Å²) >= 11 is 0. The first-order chi connectivity index (χ1) is 3.22. The lowest BCUT2D eigenvalue weighted by Crippen LogP contribution is -2.18. The quantitative estimate of drug-likeness (QED) is 0.413. The monoisotopic (exact) mass is 110 g/mol. The Balaban J connectivity index is 2.73. The molecule has 1 aliphatic heterocycles. The molecular weight excluding hydrogens is 100 g/mol. The van der Waals surface area contributed by atoms with Crippen molar-refractivity contribution in [3.8, 4) is 0 Å². The summed E-state index contributed by atoms with van der Waals surface area (Å²) in [5, 5.41) is 1.66. The summed E-state index contributed by atoms with van der Waals surface area (Å²) in [7, 11) is -0.0651. The molecule has 0 radical (unpaired) electrons. The van der Waals surface area contributed by atoms with Crippen LogP contribution in [-0.4, -0.2) is 13.6 Å². The molecule has 0 aliphatic carbocycles. The summed E-state index contributed by atoms with van der Waals surface area (Å²) in [6.45, 7) is 6.75. The van der Waals surface area contributed by atoms with Crippen molar-refractivity contribution in [3.63, 3.8) is 0 Å². The van der Waals surface area contributed by atoms with Crippen LogP contribution in [0.4, 0.5) is 0 Å². The van der Waals surface area contributed by atoms with Crippen LogP contribution in [0.3, 0.4) is 0 Å². The van der Waals surface area contributed by atoms with Gasteiger partial charge in [-0.2, -0.15) is 0 Å². The molecule has 1 aliphatic rings. The normalized spacial score (nSPS) is 19.0. The number of hydrogen-bond donors (Lipinski definition) is 0. The van der Waals surface area contributed by atoms with Gasteiger partial charge in [-0.25, -0.2) is 0 Å². The Labute approximate surface area is 46.1 Å². The van der Waals surface area contributed by atoms with Crippen molar-refractivity contribution in [1.29, 1.82) is 0 Å². The Morgan fingerprint density at radius 2 is 2.00 bits per heavy atom. The zero-order valence-electron chi connectivity index (χ0n) is 5.08. The van der Waals surface area contributed by atoms with Crippen LogP contribution in [-0.2, 0) is 0 Å². The fourth-order valence-electron chi connectivity index (χ4n) is 0.775. The molecule has 0 unspecified atom stereocenters. The van der Waals surface area contributed by atoms with Gasteiger partial charge in [-0.1, -0.05) is 23.0 Å². The van der Waals surface area contributed by atoms with Gasteiger partial charge in [0.2, 0.25) is 0 Å². The summed E-state index contributed by atoms with van der Waals surface area (Å²) in [6.07, 6.45) is 0. The van der Waals surface area contributed by atoms with Gasteiger partial charge >= 0.3 is 0 Å². The van der Waals surface area contributed by atoms with E-state index in [-0.39, 0.29) is 8.41 Å². The van der Waals surface area contributed by atoms with E-state index in [1.54, 1.807) is 5.17 Å². The topological polar surface area (TPSA) is 0 Å². The molecule has 38 valence electrons. The van der Waals surface area contributed by atoms with E-state index in [2.05, 4.69) is 26.1 Å². The fraction of sp³-hybridized carbons (Fsp3) is 0.500. The molecule has 0 saturated heterocycles. The highest BCUT2D eigenvalue weighted by molar-refractivity contribution is 6.81. The van der Waals surface area contributed by atoms with E-state index < -0.39 is 0 Å². The third kappa shape index (κ3) is 0.610. The molecule has 0 amide bonds. The summed E-state index contributed by atoms with van der Waals surface area (Å²) in [5.74, 6) is 0. The number of allylic oxidation sites excluding steroid dienone is 1. The molecule has 0 aromatic rings. The van der Waals surface area contributed by atoms with E-state index in [0.717, 1.165) is 0 Å². The van der Waals surface area contributed by atoms with E-state index in [1.807, 2.05) is 0 Å². The van der Waals surface area contributed by atoms with Gasteiger partial charge < -0.3 is 0 Å². The summed E-state index contributed by atoms with van der Waals surface area (Å²) in [4.78, 5) is 0. The summed E-state index contributed by atoms with van der Waals surface area (Å²) in [5.41, 5.74) is 3.91. The molecule has 1 heterocycles. The smallest absolute Gasteiger partial charge is 0.0374 e. The van der Waals surface area contributed by atoms with E-state index in [0.29, 0.717) is 0 Å². The minimum absolute atomic E-state index is 0.0651. The Kier molecular flexibility index (Phi) is 0.999. The second kappa shape index (κ2) is 1.41. The lowest BCUT2D eigenvalue weighted by atomic mass is 10.3. The summed E-state index contributed by atoms with van der Waals surface area (Å²) < 4.78 is 0. The summed E-state index contributed by atoms with van der Waals surface area (Å²) in [6, 6.07) is 0. The largest absolute Gasteiger partial charge is 0.0750 e. The first-order valence-corrected chi connectivity index (χ1v) is 4.65. The van der Waals surface area contributed by atoms with Gasteiger partial charge in [0.1, 0.15) is 0 Å². The highest BCUT2D eigenvalue weighted by Crippen LogP contribution is 2.05. The maximum absolute atomic E-state index is 2.39. The molecule has 0 aromatic heterocycles. The average molecular weight is 110 g/mol. The highest BCUT2D eigenvalue weighted by atomic mass is 28.2. The van der Waals surface area contributed by atoms with Crippen molar-refractivity contribution >= 4 is 13.6 Å². The standard InChI is InChI=1S/C6H10Si/c1-5-4-7(3)6(5)2/h4H,1-3H3. The maximum Gasteiger partial charge on any atom is 0.0374 e. The van der Waals surface area contributed by atoms with Crippen molar-refractivity contribution in [2.24, 2.45) is 0 Å². The van der Waals surface area contributed by atoms with Gasteiger partial charge in [0, 0.05) is 8.41 Å². The molecule has 1 rings (SSSR count). The lowest BCUT2D eigenvalue weighted by Gasteiger charge is -2.12. The van der Waals surface area contributed by atoms with Crippen molar-refractivity contribution in [2.45, 2.75) is 20.4 Å². The number of rotatable bonds is 0. The first kappa shape index (κ1) is 4.97. The molecule has 1 heteroatoms. The zero-order valence-corrected chi connectivity index (χ0v) is 6.08. The Bertz CT molecular complexity index is 152. The van der Waals surface area contributed by atoms with E-state index in [9.17, 15) is 0 Å². The Hall–Kier alpha value is -0.173. The van der Waals surface area contributed by atoms with Gasteiger partial charge in [-0.3, -0.25) is 0 Å². The molecule has 7 heavy (non-hydrogen) atoms. The molecule has 0 atom stereocenters. The van der Waals surface area contributed by atoms with Gasteiger partial charge in [0.15, 0.2) is 0 Å². The van der Waals surface area contributed by atoms with Crippen LogP contribution in [0.1, 0.15) is 13.8 Å². The molecule has 0 saturated carbocycles. The van der Waals surface area contributed by atoms with Crippen LogP contribution in [0.15, 0.2) is 11.3 Å². The van der Waals surface area contributed by atoms with Gasteiger partial charge in [0.25, 0.3) is 0 Å². The third-order valence-electron chi connectivity index (χ3n) is 1.62. The van der Waals surface area contributed by atoms with Gasteiger partial charge in [-0.15, -0.1) is 0 Å². The van der Waals surface area contributed by atoms with Crippen LogP contribution in [0.5, 0.6) is 0 Å². The first-order valence-electron chi connectivity index (χ1n) is 2.58. The van der Waals surface area contributed by atoms with E-state index in [4.69, 9.17) is 0 Å². The van der Waals surface area contributed by atoms with Crippen LogP contribution in [0.2, 0.25) is 6.55 Å². The maximum atomic E-state index is 2.39. The second-order valence-corrected chi connectivity index (χ2v) is 4.54. The van der Waals surface area contributed by atoms with Crippen LogP contribution in [0, 0.1) is 0 Å². The van der Waals surface area contributed by atoms with Crippen LogP contribution in [0.25, 0.3) is 0 Å². The highest BCUT2D eigenvalue weighted by Gasteiger charge is 2.05. The predicted molar refractivity (Wildman–Crippen MR) is 36.1 cm³/mol. The van der Waals surface area contributed by atoms with Crippen molar-refractivity contribution in [1.82, 2.24) is 0 Å². The molecule has 0 bridgehead atoms. The second-order valence-electron chi connectivity index (χ2n) is 2.14. The SMILES string of the molecule is CC1=C[Si](C)=C1C. The van der Waals surface area contributed by atoms with Gasteiger partial charge in [-0.05, 0) is 13.8 Å². The molecular formula is C6H10Si. The van der Waals surface area contributed by atoms with E-state index >= 15 is 0 Å². The minimum atomic E-state index is -0.0651. The van der Waals surface area contributed by atoms with Crippen molar-refractivity contribution < 1.29 is 0 Å². The minimum Gasteiger partial charge on any atom is -0.0750 e. The third-order valence-corrected chi connectivity index (χ3v) is 4.06. The molecule has 0 spiro atoms. The fourth-order valence-corrected chi connectivity index (χ4v) is 2.32. The Morgan fingerprint density at radius 3 is 2.00 bits per heavy atom. The van der Waals surface area contributed by atoms with Gasteiger partial charge in [0.05, 0.1) is 0 Å². The van der Waals surface area contributed by atoms with Crippen molar-refractivity contribution in [3.05, 3.63) is 11.3 Å². The average Bonchev–Trinajstić information content (AvgIpc) is 1.68.